The Hall–Kier alpha value is -0.340. The van der Waals surface area contributed by atoms with Gasteiger partial charge in [0, 0.05) is 12.3 Å². The van der Waals surface area contributed by atoms with Gasteiger partial charge in [-0.25, -0.2) is 0 Å². The lowest BCUT2D eigenvalue weighted by Gasteiger charge is -2.49. The van der Waals surface area contributed by atoms with Gasteiger partial charge in [-0.1, -0.05) is 19.1 Å². The topological polar surface area (TPSA) is 29.5 Å². The molecular formula is C14H24O2. The Kier molecular flexibility index (Phi) is 3.15. The van der Waals surface area contributed by atoms with Crippen LogP contribution >= 0.6 is 0 Å². The zero-order valence-corrected chi connectivity index (χ0v) is 10.7. The van der Waals surface area contributed by atoms with Gasteiger partial charge in [-0.15, -0.1) is 0 Å². The number of aliphatic hydroxyl groups is 1. The lowest BCUT2D eigenvalue weighted by molar-refractivity contribution is -0.275. The summed E-state index contributed by atoms with van der Waals surface area (Å²) < 4.78 is 5.92. The van der Waals surface area contributed by atoms with Crippen molar-refractivity contribution in [1.82, 2.24) is 0 Å². The SMILES string of the molecule is C=C(C)C1CCC(C)C2CCC(C)(O)OC12. The summed E-state index contributed by atoms with van der Waals surface area (Å²) in [4.78, 5) is 0. The summed E-state index contributed by atoms with van der Waals surface area (Å²) in [5.74, 6) is 0.840. The number of ether oxygens (including phenoxy) is 1. The molecule has 2 aliphatic rings. The molecule has 0 spiro atoms. The van der Waals surface area contributed by atoms with Crippen LogP contribution in [0.1, 0.15) is 46.5 Å². The quantitative estimate of drug-likeness (QED) is 0.693. The molecule has 5 atom stereocenters. The lowest BCUT2D eigenvalue weighted by atomic mass is 9.67. The van der Waals surface area contributed by atoms with E-state index >= 15 is 0 Å². The molecule has 0 aromatic carbocycles. The molecule has 1 aliphatic carbocycles. The van der Waals surface area contributed by atoms with Crippen LogP contribution in [0.25, 0.3) is 0 Å². The van der Waals surface area contributed by atoms with E-state index in [0.717, 1.165) is 25.2 Å². The van der Waals surface area contributed by atoms with E-state index in [1.165, 1.54) is 12.0 Å². The molecule has 1 heterocycles. The van der Waals surface area contributed by atoms with Gasteiger partial charge in [0.05, 0.1) is 6.10 Å². The van der Waals surface area contributed by atoms with Crippen LogP contribution in [0.2, 0.25) is 0 Å². The zero-order valence-electron chi connectivity index (χ0n) is 10.7. The Morgan fingerprint density at radius 2 is 2.06 bits per heavy atom. The van der Waals surface area contributed by atoms with E-state index in [1.807, 2.05) is 0 Å². The van der Waals surface area contributed by atoms with E-state index in [-0.39, 0.29) is 6.10 Å². The summed E-state index contributed by atoms with van der Waals surface area (Å²) in [6.45, 7) is 10.3. The molecule has 16 heavy (non-hydrogen) atoms. The largest absolute Gasteiger partial charge is 0.366 e. The third kappa shape index (κ3) is 2.18. The molecule has 2 fully saturated rings. The van der Waals surface area contributed by atoms with Crippen LogP contribution in [-0.4, -0.2) is 17.0 Å². The number of fused-ring (bicyclic) bond motifs is 1. The molecule has 5 unspecified atom stereocenters. The third-order valence-corrected chi connectivity index (χ3v) is 4.45. The molecule has 2 heteroatoms. The van der Waals surface area contributed by atoms with Gasteiger partial charge in [-0.05, 0) is 44.9 Å². The highest BCUT2D eigenvalue weighted by Crippen LogP contribution is 2.46. The molecule has 0 aromatic heterocycles. The van der Waals surface area contributed by atoms with Crippen LogP contribution in [0.15, 0.2) is 12.2 Å². The maximum absolute atomic E-state index is 10.0. The molecule has 2 rings (SSSR count). The van der Waals surface area contributed by atoms with Crippen molar-refractivity contribution in [3.63, 3.8) is 0 Å². The van der Waals surface area contributed by atoms with Gasteiger partial charge in [0.15, 0.2) is 5.79 Å². The summed E-state index contributed by atoms with van der Waals surface area (Å²) >= 11 is 0. The highest BCUT2D eigenvalue weighted by Gasteiger charge is 2.45. The van der Waals surface area contributed by atoms with Crippen molar-refractivity contribution in [1.29, 1.82) is 0 Å². The minimum absolute atomic E-state index is 0.185. The number of hydrogen-bond donors (Lipinski definition) is 1. The van der Waals surface area contributed by atoms with Gasteiger partial charge in [-0.2, -0.15) is 0 Å². The van der Waals surface area contributed by atoms with Crippen molar-refractivity contribution in [2.75, 3.05) is 0 Å². The number of rotatable bonds is 1. The van der Waals surface area contributed by atoms with E-state index in [9.17, 15) is 5.11 Å². The average Bonchev–Trinajstić information content (AvgIpc) is 2.15. The molecule has 0 bridgehead atoms. The first kappa shape index (κ1) is 12.1. The predicted molar refractivity (Wildman–Crippen MR) is 64.9 cm³/mol. The van der Waals surface area contributed by atoms with E-state index in [4.69, 9.17) is 4.74 Å². The Balaban J connectivity index is 2.18. The van der Waals surface area contributed by atoms with Gasteiger partial charge in [0.2, 0.25) is 0 Å². The molecule has 2 nitrogen and oxygen atoms in total. The fraction of sp³-hybridized carbons (Fsp3) is 0.857. The lowest BCUT2D eigenvalue weighted by Crippen LogP contribution is -2.50. The minimum Gasteiger partial charge on any atom is -0.366 e. The van der Waals surface area contributed by atoms with Crippen LogP contribution < -0.4 is 0 Å². The van der Waals surface area contributed by atoms with Crippen molar-refractivity contribution in [2.45, 2.75) is 58.3 Å². The van der Waals surface area contributed by atoms with Gasteiger partial charge in [-0.3, -0.25) is 0 Å². The standard InChI is InChI=1S/C14H24O2/c1-9(2)11-6-5-10(3)12-7-8-14(4,15)16-13(11)12/h10-13,15H,1,5-8H2,2-4H3. The summed E-state index contributed by atoms with van der Waals surface area (Å²) in [6.07, 6.45) is 4.46. The maximum atomic E-state index is 10.0. The van der Waals surface area contributed by atoms with Gasteiger partial charge < -0.3 is 9.84 Å². The highest BCUT2D eigenvalue weighted by molar-refractivity contribution is 5.05. The van der Waals surface area contributed by atoms with Crippen molar-refractivity contribution in [3.8, 4) is 0 Å². The maximum Gasteiger partial charge on any atom is 0.163 e. The first-order chi connectivity index (χ1) is 7.41. The fourth-order valence-electron chi connectivity index (χ4n) is 3.37. The normalized spacial score (nSPS) is 48.5. The van der Waals surface area contributed by atoms with E-state index in [0.29, 0.717) is 11.8 Å². The van der Waals surface area contributed by atoms with Crippen molar-refractivity contribution in [3.05, 3.63) is 12.2 Å². The Morgan fingerprint density at radius 3 is 2.69 bits per heavy atom. The van der Waals surface area contributed by atoms with E-state index < -0.39 is 5.79 Å². The first-order valence-electron chi connectivity index (χ1n) is 6.46. The van der Waals surface area contributed by atoms with Gasteiger partial charge in [0.25, 0.3) is 0 Å². The molecule has 0 aromatic rings. The second-order valence-corrected chi connectivity index (χ2v) is 5.97. The Labute approximate surface area is 98.7 Å². The van der Waals surface area contributed by atoms with Crippen molar-refractivity contribution in [2.24, 2.45) is 17.8 Å². The molecule has 92 valence electrons. The average molecular weight is 224 g/mol. The van der Waals surface area contributed by atoms with E-state index in [1.54, 1.807) is 6.92 Å². The molecule has 1 saturated heterocycles. The summed E-state index contributed by atoms with van der Waals surface area (Å²) in [7, 11) is 0. The van der Waals surface area contributed by atoms with Crippen LogP contribution in [0.5, 0.6) is 0 Å². The molecule has 1 aliphatic heterocycles. The Bertz CT molecular complexity index is 282. The van der Waals surface area contributed by atoms with Crippen LogP contribution in [-0.2, 0) is 4.74 Å². The van der Waals surface area contributed by atoms with Crippen LogP contribution in [0.4, 0.5) is 0 Å². The zero-order chi connectivity index (χ0) is 11.9. The smallest absolute Gasteiger partial charge is 0.163 e. The Morgan fingerprint density at radius 1 is 1.38 bits per heavy atom. The minimum atomic E-state index is -0.925. The summed E-state index contributed by atoms with van der Waals surface area (Å²) in [6, 6.07) is 0. The second-order valence-electron chi connectivity index (χ2n) is 5.97. The van der Waals surface area contributed by atoms with Gasteiger partial charge in [0.1, 0.15) is 0 Å². The fourth-order valence-corrected chi connectivity index (χ4v) is 3.37. The van der Waals surface area contributed by atoms with Crippen LogP contribution in [0.3, 0.4) is 0 Å². The molecule has 1 N–H and O–H groups in total. The molecule has 0 radical (unpaired) electrons. The predicted octanol–water partition coefficient (Wildman–Crippen LogP) is 3.11. The highest BCUT2D eigenvalue weighted by atomic mass is 16.6. The van der Waals surface area contributed by atoms with E-state index in [2.05, 4.69) is 20.4 Å². The van der Waals surface area contributed by atoms with Crippen molar-refractivity contribution >= 4 is 0 Å². The van der Waals surface area contributed by atoms with Crippen LogP contribution in [0, 0.1) is 17.8 Å². The molecule has 0 amide bonds. The number of hydrogen-bond acceptors (Lipinski definition) is 2. The first-order valence-corrected chi connectivity index (χ1v) is 6.46. The van der Waals surface area contributed by atoms with Gasteiger partial charge >= 0.3 is 0 Å². The second kappa shape index (κ2) is 4.15. The monoisotopic (exact) mass is 224 g/mol. The van der Waals surface area contributed by atoms with Crippen molar-refractivity contribution < 1.29 is 9.84 Å². The summed E-state index contributed by atoms with van der Waals surface area (Å²) in [5, 5.41) is 10.0. The molecular weight excluding hydrogens is 200 g/mol. The third-order valence-electron chi connectivity index (χ3n) is 4.45. The summed E-state index contributed by atoms with van der Waals surface area (Å²) in [5.41, 5.74) is 1.21. The molecule has 1 saturated carbocycles.